The molecule has 0 radical (unpaired) electrons. The number of hydrogen-bond acceptors (Lipinski definition) is 3. The molecule has 0 saturated heterocycles. The largest absolute Gasteiger partial charge is 0.333 e. The van der Waals surface area contributed by atoms with E-state index in [-0.39, 0.29) is 16.3 Å². The quantitative estimate of drug-likeness (QED) is 0.693. The second kappa shape index (κ2) is 7.24. The molecule has 3 aromatic rings. The maximum atomic E-state index is 13.0. The van der Waals surface area contributed by atoms with Crippen LogP contribution in [0.3, 0.4) is 0 Å². The minimum absolute atomic E-state index is 0.0357. The predicted molar refractivity (Wildman–Crippen MR) is 97.5 cm³/mol. The molecule has 0 aliphatic heterocycles. The summed E-state index contributed by atoms with van der Waals surface area (Å²) in [4.78, 5) is -0.212. The molecule has 144 valence electrons. The van der Waals surface area contributed by atoms with Gasteiger partial charge in [-0.2, -0.15) is 13.9 Å². The molecule has 0 bridgehead atoms. The first-order chi connectivity index (χ1) is 12.7. The summed E-state index contributed by atoms with van der Waals surface area (Å²) in [6.45, 7) is 1.52. The van der Waals surface area contributed by atoms with E-state index in [1.54, 1.807) is 6.92 Å². The van der Waals surface area contributed by atoms with Gasteiger partial charge in [-0.1, -0.05) is 12.1 Å². The van der Waals surface area contributed by atoms with Gasteiger partial charge in [0.2, 0.25) is 10.0 Å². The van der Waals surface area contributed by atoms with Crippen molar-refractivity contribution >= 4 is 10.0 Å². The van der Waals surface area contributed by atoms with Crippen molar-refractivity contribution in [3.8, 4) is 5.69 Å². The molecule has 0 unspecified atom stereocenters. The Morgan fingerprint density at radius 2 is 1.78 bits per heavy atom. The number of benzene rings is 1. The second-order valence-electron chi connectivity index (χ2n) is 6.25. The van der Waals surface area contributed by atoms with E-state index in [2.05, 4.69) is 9.82 Å². The summed E-state index contributed by atoms with van der Waals surface area (Å²) in [6, 6.07) is 10.7. The Morgan fingerprint density at radius 3 is 2.37 bits per heavy atom. The summed E-state index contributed by atoms with van der Waals surface area (Å²) in [7, 11) is -4.02. The van der Waals surface area contributed by atoms with Gasteiger partial charge in [0, 0.05) is 24.1 Å². The fraction of sp³-hybridized carbons (Fsp3) is 0.278. The first-order valence-corrected chi connectivity index (χ1v) is 9.78. The van der Waals surface area contributed by atoms with Crippen molar-refractivity contribution in [1.29, 1.82) is 0 Å². The van der Waals surface area contributed by atoms with Gasteiger partial charge < -0.3 is 4.57 Å². The van der Waals surface area contributed by atoms with Gasteiger partial charge in [-0.15, -0.1) is 0 Å². The molecule has 1 N–H and O–H groups in total. The van der Waals surface area contributed by atoms with E-state index in [9.17, 15) is 17.2 Å². The summed E-state index contributed by atoms with van der Waals surface area (Å²) in [5.41, 5.74) is 1.58. The molecule has 2 aromatic heterocycles. The molecule has 0 aliphatic carbocycles. The van der Waals surface area contributed by atoms with Gasteiger partial charge in [0.15, 0.2) is 0 Å². The number of alkyl halides is 2. The lowest BCUT2D eigenvalue weighted by atomic mass is 10.1. The van der Waals surface area contributed by atoms with E-state index >= 15 is 0 Å². The van der Waals surface area contributed by atoms with E-state index < -0.39 is 22.6 Å². The number of hydrogen-bond donors (Lipinski definition) is 1. The van der Waals surface area contributed by atoms with Crippen LogP contribution >= 0.6 is 0 Å². The lowest BCUT2D eigenvalue weighted by Gasteiger charge is -2.16. The standard InChI is InChI=1S/C18H20F2N4O2S/c1-12(15-7-6-8-16(11-15)23-9-4-5-10-23)22-27(25,26)17-13(2)21-24(14(17)3)18(19)20/h4-12,18,22H,1-3H3/t12-/m0/s1. The Labute approximate surface area is 156 Å². The molecular weight excluding hydrogens is 374 g/mol. The summed E-state index contributed by atoms with van der Waals surface area (Å²) in [5, 5.41) is 3.65. The van der Waals surface area contributed by atoms with Crippen LogP contribution in [0.1, 0.15) is 36.5 Å². The van der Waals surface area contributed by atoms with E-state index in [0.717, 1.165) is 11.3 Å². The van der Waals surface area contributed by atoms with Crippen molar-refractivity contribution in [3.63, 3.8) is 0 Å². The number of sulfonamides is 1. The topological polar surface area (TPSA) is 68.9 Å². The summed E-state index contributed by atoms with van der Waals surface area (Å²) >= 11 is 0. The van der Waals surface area contributed by atoms with Crippen LogP contribution in [0.2, 0.25) is 0 Å². The SMILES string of the molecule is Cc1nn(C(F)F)c(C)c1S(=O)(=O)N[C@@H](C)c1cccc(-n2cccc2)c1. The van der Waals surface area contributed by atoms with Gasteiger partial charge in [-0.3, -0.25) is 0 Å². The summed E-state index contributed by atoms with van der Waals surface area (Å²) in [6.07, 6.45) is 3.78. The third-order valence-electron chi connectivity index (χ3n) is 4.32. The average Bonchev–Trinajstić information content (AvgIpc) is 3.22. The number of rotatable bonds is 6. The Bertz CT molecular complexity index is 1040. The number of nitrogens with one attached hydrogen (secondary N) is 1. The summed E-state index contributed by atoms with van der Waals surface area (Å²) in [5.74, 6) is 0. The first-order valence-electron chi connectivity index (χ1n) is 8.30. The van der Waals surface area contributed by atoms with Gasteiger partial charge in [-0.05, 0) is 50.6 Å². The van der Waals surface area contributed by atoms with Crippen LogP contribution in [-0.2, 0) is 10.0 Å². The van der Waals surface area contributed by atoms with Crippen molar-refractivity contribution in [3.05, 3.63) is 65.7 Å². The third kappa shape index (κ3) is 3.79. The van der Waals surface area contributed by atoms with E-state index in [1.807, 2.05) is 53.4 Å². The Balaban J connectivity index is 1.90. The lowest BCUT2D eigenvalue weighted by molar-refractivity contribution is 0.0538. The van der Waals surface area contributed by atoms with Gasteiger partial charge in [0.25, 0.3) is 0 Å². The molecule has 9 heteroatoms. The highest BCUT2D eigenvalue weighted by molar-refractivity contribution is 7.89. The molecule has 0 spiro atoms. The minimum atomic E-state index is -4.02. The molecule has 0 saturated carbocycles. The Hall–Kier alpha value is -2.52. The Kier molecular flexibility index (Phi) is 5.16. The number of halogens is 2. The normalized spacial score (nSPS) is 13.3. The zero-order valence-electron chi connectivity index (χ0n) is 15.1. The molecule has 6 nitrogen and oxygen atoms in total. The van der Waals surface area contributed by atoms with Crippen LogP contribution in [0.5, 0.6) is 0 Å². The molecule has 0 amide bonds. The maximum Gasteiger partial charge on any atom is 0.333 e. The van der Waals surface area contributed by atoms with E-state index in [1.165, 1.54) is 13.8 Å². The first kappa shape index (κ1) is 19.2. The molecule has 1 atom stereocenters. The number of nitrogens with zero attached hydrogens (tertiary/aromatic N) is 3. The van der Waals surface area contributed by atoms with Gasteiger partial charge in [-0.25, -0.2) is 17.8 Å². The Morgan fingerprint density at radius 1 is 1.11 bits per heavy atom. The molecule has 0 fully saturated rings. The number of aryl methyl sites for hydroxylation is 1. The molecule has 1 aromatic carbocycles. The highest BCUT2D eigenvalue weighted by Gasteiger charge is 2.28. The van der Waals surface area contributed by atoms with Crippen molar-refractivity contribution in [2.45, 2.75) is 38.3 Å². The fourth-order valence-corrected chi connectivity index (χ4v) is 4.68. The smallest absolute Gasteiger partial charge is 0.324 e. The summed E-state index contributed by atoms with van der Waals surface area (Å²) < 4.78 is 56.5. The molecule has 2 heterocycles. The van der Waals surface area contributed by atoms with Crippen LogP contribution in [0.25, 0.3) is 5.69 Å². The van der Waals surface area contributed by atoms with Crippen molar-refractivity contribution < 1.29 is 17.2 Å². The van der Waals surface area contributed by atoms with Crippen LogP contribution in [-0.4, -0.2) is 22.8 Å². The minimum Gasteiger partial charge on any atom is -0.324 e. The monoisotopic (exact) mass is 394 g/mol. The highest BCUT2D eigenvalue weighted by Crippen LogP contribution is 2.26. The van der Waals surface area contributed by atoms with Crippen LogP contribution in [0.4, 0.5) is 8.78 Å². The van der Waals surface area contributed by atoms with E-state index in [0.29, 0.717) is 4.68 Å². The van der Waals surface area contributed by atoms with Crippen molar-refractivity contribution in [2.75, 3.05) is 0 Å². The van der Waals surface area contributed by atoms with Crippen molar-refractivity contribution in [2.24, 2.45) is 0 Å². The molecule has 0 aliphatic rings. The van der Waals surface area contributed by atoms with Crippen molar-refractivity contribution in [1.82, 2.24) is 19.1 Å². The highest BCUT2D eigenvalue weighted by atomic mass is 32.2. The van der Waals surface area contributed by atoms with E-state index in [4.69, 9.17) is 0 Å². The van der Waals surface area contributed by atoms with Crippen LogP contribution < -0.4 is 4.72 Å². The predicted octanol–water partition coefficient (Wildman–Crippen LogP) is 3.73. The lowest BCUT2D eigenvalue weighted by Crippen LogP contribution is -2.28. The van der Waals surface area contributed by atoms with Gasteiger partial charge in [0.1, 0.15) is 4.90 Å². The van der Waals surface area contributed by atoms with Crippen LogP contribution in [0.15, 0.2) is 53.7 Å². The fourth-order valence-electron chi connectivity index (χ4n) is 3.05. The number of aromatic nitrogens is 3. The third-order valence-corrected chi connectivity index (χ3v) is 6.11. The average molecular weight is 394 g/mol. The maximum absolute atomic E-state index is 13.0. The molecule has 27 heavy (non-hydrogen) atoms. The van der Waals surface area contributed by atoms with Crippen LogP contribution in [0, 0.1) is 13.8 Å². The molecular formula is C18H20F2N4O2S. The van der Waals surface area contributed by atoms with Gasteiger partial charge in [0.05, 0.1) is 11.4 Å². The zero-order chi connectivity index (χ0) is 19.8. The molecule has 3 rings (SSSR count). The second-order valence-corrected chi connectivity index (χ2v) is 7.90. The zero-order valence-corrected chi connectivity index (χ0v) is 15.9. The van der Waals surface area contributed by atoms with Gasteiger partial charge >= 0.3 is 6.55 Å².